The predicted octanol–water partition coefficient (Wildman–Crippen LogP) is 4.72. The van der Waals surface area contributed by atoms with Gasteiger partial charge in [0.05, 0.1) is 31.5 Å². The topological polar surface area (TPSA) is 78.0 Å². The first-order chi connectivity index (χ1) is 18.4. The van der Waals surface area contributed by atoms with Gasteiger partial charge in [-0.1, -0.05) is 49.9 Å². The maximum Gasteiger partial charge on any atom is 0.227 e. The molecule has 3 atom stereocenters. The van der Waals surface area contributed by atoms with Crippen molar-refractivity contribution in [1.82, 2.24) is 15.5 Å². The molecule has 4 rings (SSSR count). The number of halogens is 2. The Morgan fingerprint density at radius 1 is 1.29 bits per heavy atom. The summed E-state index contributed by atoms with van der Waals surface area (Å²) in [7, 11) is 0. The molecule has 2 heterocycles. The standard InChI is InChI=1S/C29H35F2N5O2/c1-20(8-11-26(31)21(2)30)15-36-16-24(14-33-19-36)29(37)35-28(22-6-4-3-5-7-22)17-38-25-10-9-23-13-32-18-34-27(23)12-25/h3-7,9-12,19-20,24,28,32,34H,2,8,13-18H2,1H3,(H,35,37). The van der Waals surface area contributed by atoms with E-state index in [4.69, 9.17) is 4.74 Å². The van der Waals surface area contributed by atoms with Crippen LogP contribution < -0.4 is 20.7 Å². The normalized spacial score (nSPS) is 18.7. The van der Waals surface area contributed by atoms with Gasteiger partial charge in [-0.2, -0.15) is 0 Å². The molecule has 7 nitrogen and oxygen atoms in total. The van der Waals surface area contributed by atoms with Crippen LogP contribution in [0, 0.1) is 11.8 Å². The molecule has 202 valence electrons. The monoisotopic (exact) mass is 523 g/mol. The first-order valence-electron chi connectivity index (χ1n) is 12.9. The number of carbonyl (C=O) groups is 1. The number of nitrogens with zero attached hydrogens (tertiary/aromatic N) is 2. The summed E-state index contributed by atoms with van der Waals surface area (Å²) in [4.78, 5) is 19.7. The molecule has 0 spiro atoms. The molecule has 0 aliphatic carbocycles. The van der Waals surface area contributed by atoms with Crippen LogP contribution in [0.2, 0.25) is 0 Å². The molecule has 0 saturated carbocycles. The molecule has 3 unspecified atom stereocenters. The minimum absolute atomic E-state index is 0.0423. The van der Waals surface area contributed by atoms with Gasteiger partial charge in [0.2, 0.25) is 5.91 Å². The van der Waals surface area contributed by atoms with Crippen molar-refractivity contribution in [2.24, 2.45) is 16.8 Å². The van der Waals surface area contributed by atoms with Crippen LogP contribution in [0.1, 0.15) is 30.5 Å². The molecule has 2 aromatic carbocycles. The summed E-state index contributed by atoms with van der Waals surface area (Å²) in [5.41, 5.74) is 3.18. The third kappa shape index (κ3) is 7.64. The summed E-state index contributed by atoms with van der Waals surface area (Å²) in [5, 5.41) is 9.74. The van der Waals surface area contributed by atoms with Crippen molar-refractivity contribution >= 4 is 17.9 Å². The van der Waals surface area contributed by atoms with E-state index in [-0.39, 0.29) is 30.4 Å². The third-order valence-electron chi connectivity index (χ3n) is 6.64. The Morgan fingerprint density at radius 3 is 2.89 bits per heavy atom. The maximum atomic E-state index is 13.4. The Morgan fingerprint density at radius 2 is 2.11 bits per heavy atom. The lowest BCUT2D eigenvalue weighted by Crippen LogP contribution is -2.45. The van der Waals surface area contributed by atoms with Gasteiger partial charge in [-0.05, 0) is 35.6 Å². The molecule has 0 saturated heterocycles. The SMILES string of the molecule is C=C(F)C(F)=CCC(C)CN1C=NCC(C(=O)NC(COc2ccc3c(c2)NCNC3)c2ccccc2)C1. The lowest BCUT2D eigenvalue weighted by atomic mass is 10.0. The van der Waals surface area contributed by atoms with Gasteiger partial charge in [-0.25, -0.2) is 8.78 Å². The van der Waals surface area contributed by atoms with Gasteiger partial charge in [0.1, 0.15) is 12.4 Å². The fourth-order valence-corrected chi connectivity index (χ4v) is 4.55. The molecular formula is C29H35F2N5O2. The molecule has 0 fully saturated rings. The summed E-state index contributed by atoms with van der Waals surface area (Å²) >= 11 is 0. The van der Waals surface area contributed by atoms with E-state index in [2.05, 4.69) is 27.5 Å². The fourth-order valence-electron chi connectivity index (χ4n) is 4.55. The van der Waals surface area contributed by atoms with Crippen molar-refractivity contribution in [1.29, 1.82) is 0 Å². The Kier molecular flexibility index (Phi) is 9.48. The van der Waals surface area contributed by atoms with Crippen LogP contribution in [0.15, 0.2) is 77.8 Å². The molecule has 1 amide bonds. The van der Waals surface area contributed by atoms with Crippen LogP contribution in [-0.4, -0.2) is 50.1 Å². The number of aliphatic imine (C=N–C) groups is 1. The number of nitrogens with one attached hydrogen (secondary N) is 3. The molecular weight excluding hydrogens is 488 g/mol. The smallest absolute Gasteiger partial charge is 0.227 e. The molecule has 0 bridgehead atoms. The van der Waals surface area contributed by atoms with Gasteiger partial charge in [0, 0.05) is 31.4 Å². The highest BCUT2D eigenvalue weighted by Gasteiger charge is 2.27. The number of allylic oxidation sites excluding steroid dienone is 3. The van der Waals surface area contributed by atoms with Crippen molar-refractivity contribution in [2.75, 3.05) is 38.2 Å². The summed E-state index contributed by atoms with van der Waals surface area (Å²) in [5.74, 6) is -1.66. The molecule has 2 aliphatic rings. The van der Waals surface area contributed by atoms with Crippen molar-refractivity contribution < 1.29 is 18.3 Å². The average Bonchev–Trinajstić information content (AvgIpc) is 2.94. The van der Waals surface area contributed by atoms with Crippen LogP contribution in [0.25, 0.3) is 0 Å². The van der Waals surface area contributed by atoms with Crippen molar-refractivity contribution in [3.8, 4) is 5.75 Å². The quantitative estimate of drug-likeness (QED) is 0.372. The summed E-state index contributed by atoms with van der Waals surface area (Å²) in [6, 6.07) is 15.4. The van der Waals surface area contributed by atoms with Crippen molar-refractivity contribution in [2.45, 2.75) is 25.9 Å². The average molecular weight is 524 g/mol. The molecule has 0 radical (unpaired) electrons. The largest absolute Gasteiger partial charge is 0.491 e. The molecule has 9 heteroatoms. The molecule has 2 aliphatic heterocycles. The zero-order chi connectivity index (χ0) is 26.9. The molecule has 2 aromatic rings. The highest BCUT2D eigenvalue weighted by molar-refractivity contribution is 5.80. The van der Waals surface area contributed by atoms with E-state index in [1.54, 1.807) is 6.34 Å². The number of hydrogen-bond donors (Lipinski definition) is 3. The second kappa shape index (κ2) is 13.2. The second-order valence-corrected chi connectivity index (χ2v) is 9.81. The highest BCUT2D eigenvalue weighted by Crippen LogP contribution is 2.26. The number of carbonyl (C=O) groups excluding carboxylic acids is 1. The number of anilines is 1. The number of rotatable bonds is 11. The number of hydrogen-bond acceptors (Lipinski definition) is 6. The second-order valence-electron chi connectivity index (χ2n) is 9.81. The van der Waals surface area contributed by atoms with E-state index >= 15 is 0 Å². The first kappa shape index (κ1) is 27.3. The Hall–Kier alpha value is -3.72. The van der Waals surface area contributed by atoms with E-state index in [1.165, 1.54) is 11.6 Å². The molecule has 38 heavy (non-hydrogen) atoms. The Bertz CT molecular complexity index is 1170. The molecule has 3 N–H and O–H groups in total. The van der Waals surface area contributed by atoms with Gasteiger partial charge in [-0.15, -0.1) is 0 Å². The number of benzene rings is 2. The van der Waals surface area contributed by atoms with Gasteiger partial charge in [0.15, 0.2) is 11.7 Å². The summed E-state index contributed by atoms with van der Waals surface area (Å²) < 4.78 is 32.4. The summed E-state index contributed by atoms with van der Waals surface area (Å²) in [6.45, 7) is 8.17. The van der Waals surface area contributed by atoms with E-state index in [0.29, 0.717) is 32.7 Å². The Labute approximate surface area is 222 Å². The third-order valence-corrected chi connectivity index (χ3v) is 6.64. The minimum Gasteiger partial charge on any atom is -0.491 e. The zero-order valence-electron chi connectivity index (χ0n) is 21.6. The van der Waals surface area contributed by atoms with E-state index in [0.717, 1.165) is 23.5 Å². The first-order valence-corrected chi connectivity index (χ1v) is 12.9. The van der Waals surface area contributed by atoms with E-state index < -0.39 is 11.7 Å². The van der Waals surface area contributed by atoms with Crippen LogP contribution in [-0.2, 0) is 11.3 Å². The highest BCUT2D eigenvalue weighted by atomic mass is 19.2. The van der Waals surface area contributed by atoms with Gasteiger partial charge in [-0.3, -0.25) is 15.1 Å². The van der Waals surface area contributed by atoms with Gasteiger partial charge < -0.3 is 20.3 Å². The zero-order valence-corrected chi connectivity index (χ0v) is 21.6. The minimum atomic E-state index is -1.06. The van der Waals surface area contributed by atoms with Crippen LogP contribution in [0.5, 0.6) is 5.75 Å². The Balaban J connectivity index is 1.36. The van der Waals surface area contributed by atoms with E-state index in [1.807, 2.05) is 60.4 Å². The van der Waals surface area contributed by atoms with Gasteiger partial charge >= 0.3 is 0 Å². The van der Waals surface area contributed by atoms with Crippen molar-refractivity contribution in [3.05, 3.63) is 84.0 Å². The lowest BCUT2D eigenvalue weighted by molar-refractivity contribution is -0.126. The predicted molar refractivity (Wildman–Crippen MR) is 146 cm³/mol. The number of ether oxygens (including phenoxy) is 1. The molecule has 0 aromatic heterocycles. The van der Waals surface area contributed by atoms with E-state index in [9.17, 15) is 13.6 Å². The number of fused-ring (bicyclic) bond motifs is 1. The lowest BCUT2D eigenvalue weighted by Gasteiger charge is -2.31. The summed E-state index contributed by atoms with van der Waals surface area (Å²) in [6.07, 6.45) is 3.29. The fraction of sp³-hybridized carbons (Fsp3) is 0.379. The van der Waals surface area contributed by atoms with Crippen LogP contribution >= 0.6 is 0 Å². The van der Waals surface area contributed by atoms with Crippen molar-refractivity contribution in [3.63, 3.8) is 0 Å². The number of amides is 1. The maximum absolute atomic E-state index is 13.4. The van der Waals surface area contributed by atoms with Crippen LogP contribution in [0.3, 0.4) is 0 Å². The van der Waals surface area contributed by atoms with Gasteiger partial charge in [0.25, 0.3) is 0 Å². The van der Waals surface area contributed by atoms with Crippen LogP contribution in [0.4, 0.5) is 14.5 Å².